The van der Waals surface area contributed by atoms with Crippen molar-refractivity contribution in [1.82, 2.24) is 5.32 Å². The summed E-state index contributed by atoms with van der Waals surface area (Å²) >= 11 is 1.39. The van der Waals surface area contributed by atoms with Gasteiger partial charge in [-0.3, -0.25) is 9.59 Å². The van der Waals surface area contributed by atoms with E-state index in [1.807, 2.05) is 29.6 Å². The lowest BCUT2D eigenvalue weighted by Crippen LogP contribution is -2.28. The van der Waals surface area contributed by atoms with E-state index in [4.69, 9.17) is 9.47 Å². The van der Waals surface area contributed by atoms with Crippen molar-refractivity contribution in [2.75, 3.05) is 20.3 Å². The van der Waals surface area contributed by atoms with Gasteiger partial charge in [0, 0.05) is 18.9 Å². The number of amides is 1. The van der Waals surface area contributed by atoms with Gasteiger partial charge in [0.05, 0.1) is 18.5 Å². The lowest BCUT2D eigenvalue weighted by atomic mass is 10.2. The second kappa shape index (κ2) is 8.95. The molecule has 1 N–H and O–H groups in total. The maximum atomic E-state index is 11.8. The number of hydrogen-bond acceptors (Lipinski definition) is 5. The molecule has 0 aliphatic carbocycles. The van der Waals surface area contributed by atoms with Gasteiger partial charge < -0.3 is 14.8 Å². The fourth-order valence-corrected chi connectivity index (χ4v) is 2.62. The SMILES string of the molecule is COc1cccc(OCCNC(=O)CCC(=O)c2cccs2)c1. The van der Waals surface area contributed by atoms with Crippen LogP contribution < -0.4 is 14.8 Å². The Hall–Kier alpha value is -2.34. The predicted molar refractivity (Wildman–Crippen MR) is 89.4 cm³/mol. The number of Topliss-reactive ketones (excluding diaryl/α,β-unsaturated/α-hetero) is 1. The van der Waals surface area contributed by atoms with E-state index in [1.54, 1.807) is 19.2 Å². The second-order valence-corrected chi connectivity index (χ2v) is 5.73. The van der Waals surface area contributed by atoms with Crippen LogP contribution in [0.25, 0.3) is 0 Å². The molecule has 5 nitrogen and oxygen atoms in total. The van der Waals surface area contributed by atoms with E-state index in [0.717, 1.165) is 5.75 Å². The summed E-state index contributed by atoms with van der Waals surface area (Å²) in [4.78, 5) is 24.2. The predicted octanol–water partition coefficient (Wildman–Crippen LogP) is 2.91. The van der Waals surface area contributed by atoms with Gasteiger partial charge in [-0.25, -0.2) is 0 Å². The molecule has 1 heterocycles. The first-order valence-electron chi connectivity index (χ1n) is 7.29. The van der Waals surface area contributed by atoms with Gasteiger partial charge in [0.15, 0.2) is 5.78 Å². The third-order valence-electron chi connectivity index (χ3n) is 3.11. The summed E-state index contributed by atoms with van der Waals surface area (Å²) in [5.74, 6) is 1.26. The molecule has 1 aromatic heterocycles. The molecular formula is C17H19NO4S. The number of carbonyl (C=O) groups is 2. The first kappa shape index (κ1) is 17.0. The second-order valence-electron chi connectivity index (χ2n) is 4.78. The molecule has 0 spiro atoms. The van der Waals surface area contributed by atoms with Crippen LogP contribution in [0, 0.1) is 0 Å². The summed E-state index contributed by atoms with van der Waals surface area (Å²) < 4.78 is 10.6. The molecule has 1 aromatic carbocycles. The molecule has 122 valence electrons. The van der Waals surface area contributed by atoms with Gasteiger partial charge >= 0.3 is 0 Å². The Morgan fingerprint density at radius 1 is 1.13 bits per heavy atom. The fraction of sp³-hybridized carbons (Fsp3) is 0.294. The number of ketones is 1. The molecule has 0 bridgehead atoms. The molecule has 0 fully saturated rings. The number of nitrogens with one attached hydrogen (secondary N) is 1. The van der Waals surface area contributed by atoms with Crippen molar-refractivity contribution in [3.05, 3.63) is 46.7 Å². The zero-order valence-electron chi connectivity index (χ0n) is 12.9. The van der Waals surface area contributed by atoms with Gasteiger partial charge in [0.25, 0.3) is 0 Å². The van der Waals surface area contributed by atoms with Gasteiger partial charge in [-0.1, -0.05) is 12.1 Å². The Morgan fingerprint density at radius 2 is 1.96 bits per heavy atom. The van der Waals surface area contributed by atoms with Crippen molar-refractivity contribution in [3.63, 3.8) is 0 Å². The summed E-state index contributed by atoms with van der Waals surface area (Å²) in [6.45, 7) is 0.751. The average molecular weight is 333 g/mol. The van der Waals surface area contributed by atoms with Gasteiger partial charge in [0.2, 0.25) is 5.91 Å². The number of carbonyl (C=O) groups excluding carboxylic acids is 2. The number of ether oxygens (including phenoxy) is 2. The standard InChI is InChI=1S/C17H19NO4S/c1-21-13-4-2-5-14(12-13)22-10-9-18-17(20)8-7-15(19)16-6-3-11-23-16/h2-6,11-12H,7-10H2,1H3,(H,18,20). The lowest BCUT2D eigenvalue weighted by molar-refractivity contribution is -0.121. The van der Waals surface area contributed by atoms with Crippen LogP contribution in [0.3, 0.4) is 0 Å². The third-order valence-corrected chi connectivity index (χ3v) is 4.02. The van der Waals surface area contributed by atoms with Crippen LogP contribution in [0.5, 0.6) is 11.5 Å². The summed E-state index contributed by atoms with van der Waals surface area (Å²) in [5, 5.41) is 4.59. The monoisotopic (exact) mass is 333 g/mol. The minimum atomic E-state index is -0.149. The van der Waals surface area contributed by atoms with Crippen molar-refractivity contribution < 1.29 is 19.1 Å². The van der Waals surface area contributed by atoms with Crippen molar-refractivity contribution >= 4 is 23.0 Å². The molecule has 1 amide bonds. The highest BCUT2D eigenvalue weighted by Gasteiger charge is 2.09. The maximum Gasteiger partial charge on any atom is 0.220 e. The van der Waals surface area contributed by atoms with Crippen LogP contribution in [0.2, 0.25) is 0 Å². The molecular weight excluding hydrogens is 314 g/mol. The summed E-state index contributed by atoms with van der Waals surface area (Å²) in [7, 11) is 1.59. The fourth-order valence-electron chi connectivity index (χ4n) is 1.93. The van der Waals surface area contributed by atoms with E-state index in [-0.39, 0.29) is 24.5 Å². The van der Waals surface area contributed by atoms with Crippen LogP contribution in [0.4, 0.5) is 0 Å². The lowest BCUT2D eigenvalue weighted by Gasteiger charge is -2.08. The van der Waals surface area contributed by atoms with Gasteiger partial charge in [-0.2, -0.15) is 0 Å². The van der Waals surface area contributed by atoms with E-state index < -0.39 is 0 Å². The molecule has 23 heavy (non-hydrogen) atoms. The molecule has 2 rings (SSSR count). The highest BCUT2D eigenvalue weighted by molar-refractivity contribution is 7.12. The minimum absolute atomic E-state index is 0.00257. The van der Waals surface area contributed by atoms with Crippen LogP contribution >= 0.6 is 11.3 Å². The molecule has 0 saturated carbocycles. The van der Waals surface area contributed by atoms with E-state index in [9.17, 15) is 9.59 Å². The zero-order valence-corrected chi connectivity index (χ0v) is 13.7. The topological polar surface area (TPSA) is 64.6 Å². The van der Waals surface area contributed by atoms with Crippen LogP contribution in [0.1, 0.15) is 22.5 Å². The van der Waals surface area contributed by atoms with Crippen molar-refractivity contribution in [1.29, 1.82) is 0 Å². The van der Waals surface area contributed by atoms with E-state index in [0.29, 0.717) is 23.8 Å². The number of benzene rings is 1. The molecule has 0 aliphatic heterocycles. The van der Waals surface area contributed by atoms with E-state index in [1.165, 1.54) is 11.3 Å². The average Bonchev–Trinajstić information content (AvgIpc) is 3.11. The zero-order chi connectivity index (χ0) is 16.5. The number of thiophene rings is 1. The van der Waals surface area contributed by atoms with Crippen LogP contribution in [-0.2, 0) is 4.79 Å². The molecule has 0 unspecified atom stereocenters. The Labute approximate surface area is 139 Å². The van der Waals surface area contributed by atoms with Crippen LogP contribution in [0.15, 0.2) is 41.8 Å². The van der Waals surface area contributed by atoms with Gasteiger partial charge in [0.1, 0.15) is 18.1 Å². The number of methoxy groups -OCH3 is 1. The number of hydrogen-bond donors (Lipinski definition) is 1. The smallest absolute Gasteiger partial charge is 0.220 e. The third kappa shape index (κ3) is 5.75. The molecule has 2 aromatic rings. The van der Waals surface area contributed by atoms with Crippen molar-refractivity contribution in [3.8, 4) is 11.5 Å². The Morgan fingerprint density at radius 3 is 2.70 bits per heavy atom. The van der Waals surface area contributed by atoms with Gasteiger partial charge in [-0.15, -0.1) is 11.3 Å². The first-order valence-corrected chi connectivity index (χ1v) is 8.17. The summed E-state index contributed by atoms with van der Waals surface area (Å²) in [5.41, 5.74) is 0. The van der Waals surface area contributed by atoms with Crippen LogP contribution in [-0.4, -0.2) is 32.0 Å². The Balaban J connectivity index is 1.62. The highest BCUT2D eigenvalue weighted by atomic mass is 32.1. The molecule has 0 saturated heterocycles. The Kier molecular flexibility index (Phi) is 6.62. The number of rotatable bonds is 9. The Bertz CT molecular complexity index is 640. The van der Waals surface area contributed by atoms with Crippen molar-refractivity contribution in [2.45, 2.75) is 12.8 Å². The van der Waals surface area contributed by atoms with Gasteiger partial charge in [-0.05, 0) is 23.6 Å². The molecule has 0 aliphatic rings. The quantitative estimate of drug-likeness (QED) is 0.566. The minimum Gasteiger partial charge on any atom is -0.497 e. The molecule has 0 atom stereocenters. The van der Waals surface area contributed by atoms with Crippen molar-refractivity contribution in [2.24, 2.45) is 0 Å². The molecule has 6 heteroatoms. The van der Waals surface area contributed by atoms with E-state index in [2.05, 4.69) is 5.32 Å². The summed E-state index contributed by atoms with van der Waals surface area (Å²) in [6.07, 6.45) is 0.416. The largest absolute Gasteiger partial charge is 0.497 e. The van der Waals surface area contributed by atoms with E-state index >= 15 is 0 Å². The first-order chi connectivity index (χ1) is 11.2. The normalized spacial score (nSPS) is 10.1. The highest BCUT2D eigenvalue weighted by Crippen LogP contribution is 2.18. The maximum absolute atomic E-state index is 11.8. The summed E-state index contributed by atoms with van der Waals surface area (Å²) in [6, 6.07) is 10.9. The molecule has 0 radical (unpaired) electrons.